The summed E-state index contributed by atoms with van der Waals surface area (Å²) in [6.07, 6.45) is 3.87. The molecule has 0 radical (unpaired) electrons. The van der Waals surface area contributed by atoms with Gasteiger partial charge in [0.1, 0.15) is 11.7 Å². The maximum Gasteiger partial charge on any atom is 0.350 e. The lowest BCUT2D eigenvalue weighted by molar-refractivity contribution is -0.131. The summed E-state index contributed by atoms with van der Waals surface area (Å²) in [6, 6.07) is 1.56. The second kappa shape index (κ2) is 8.82. The summed E-state index contributed by atoms with van der Waals surface area (Å²) in [7, 11) is 1.35. The van der Waals surface area contributed by atoms with Crippen molar-refractivity contribution in [3.63, 3.8) is 0 Å². The molecule has 0 spiro atoms. The van der Waals surface area contributed by atoms with Crippen LogP contribution in [0.15, 0.2) is 9.85 Å². The Morgan fingerprint density at radius 1 is 1.23 bits per heavy atom. The Kier molecular flexibility index (Phi) is 6.71. The van der Waals surface area contributed by atoms with Crippen molar-refractivity contribution in [1.82, 2.24) is 0 Å². The fraction of sp³-hybridized carbons (Fsp3) is 0.667. The molecule has 1 saturated carbocycles. The minimum absolute atomic E-state index is 0.0303. The number of thiophene rings is 1. The average molecular weight is 446 g/mol. The second-order valence-corrected chi connectivity index (χ2v) is 9.37. The van der Waals surface area contributed by atoms with Crippen LogP contribution >= 0.6 is 27.3 Å². The molecule has 1 aliphatic heterocycles. The quantitative estimate of drug-likeness (QED) is 0.658. The van der Waals surface area contributed by atoms with Crippen molar-refractivity contribution < 1.29 is 23.8 Å². The minimum atomic E-state index is -0.441. The fourth-order valence-electron chi connectivity index (χ4n) is 3.59. The van der Waals surface area contributed by atoms with Gasteiger partial charge in [-0.3, -0.25) is 4.79 Å². The Hall–Kier alpha value is -0.960. The predicted molar refractivity (Wildman–Crippen MR) is 103 cm³/mol. The van der Waals surface area contributed by atoms with E-state index in [2.05, 4.69) is 22.9 Å². The van der Waals surface area contributed by atoms with E-state index in [0.717, 1.165) is 29.5 Å². The number of ether oxygens (including phenoxy) is 3. The molecular formula is C18H24BrNO5S. The molecule has 1 amide bonds. The Morgan fingerprint density at radius 3 is 2.50 bits per heavy atom. The molecule has 0 N–H and O–H groups in total. The van der Waals surface area contributed by atoms with E-state index in [-0.39, 0.29) is 24.7 Å². The Bertz CT molecular complexity index is 650. The largest absolute Gasteiger partial charge is 0.465 e. The number of rotatable bonds is 4. The maximum absolute atomic E-state index is 13.4. The number of carbonyl (C=O) groups is 2. The Labute approximate surface area is 165 Å². The molecule has 2 heterocycles. The molecule has 0 bridgehead atoms. The van der Waals surface area contributed by atoms with Crippen LogP contribution in [0.25, 0.3) is 0 Å². The van der Waals surface area contributed by atoms with Crippen LogP contribution < -0.4 is 4.90 Å². The first-order chi connectivity index (χ1) is 12.5. The van der Waals surface area contributed by atoms with Gasteiger partial charge in [0.15, 0.2) is 0 Å². The first kappa shape index (κ1) is 19.8. The van der Waals surface area contributed by atoms with Crippen LogP contribution in [0.1, 0.15) is 42.3 Å². The van der Waals surface area contributed by atoms with Gasteiger partial charge in [-0.1, -0.05) is 6.92 Å². The minimum Gasteiger partial charge on any atom is -0.465 e. The number of nitrogens with zero attached hydrogens (tertiary/aromatic N) is 1. The molecule has 3 rings (SSSR count). The Balaban J connectivity index is 1.93. The van der Waals surface area contributed by atoms with Crippen LogP contribution in [-0.4, -0.2) is 45.0 Å². The summed E-state index contributed by atoms with van der Waals surface area (Å²) in [6.45, 7) is 3.25. The van der Waals surface area contributed by atoms with E-state index in [1.54, 1.807) is 4.90 Å². The van der Waals surface area contributed by atoms with Crippen LogP contribution in [0.3, 0.4) is 0 Å². The van der Waals surface area contributed by atoms with Gasteiger partial charge in [0.25, 0.3) is 0 Å². The highest BCUT2D eigenvalue weighted by Gasteiger charge is 2.37. The van der Waals surface area contributed by atoms with E-state index in [4.69, 9.17) is 14.2 Å². The van der Waals surface area contributed by atoms with Gasteiger partial charge in [0.05, 0.1) is 35.8 Å². The van der Waals surface area contributed by atoms with Gasteiger partial charge in [-0.2, -0.15) is 0 Å². The zero-order valence-corrected chi connectivity index (χ0v) is 17.4. The van der Waals surface area contributed by atoms with E-state index >= 15 is 0 Å². The zero-order valence-electron chi connectivity index (χ0n) is 15.0. The third-order valence-electron chi connectivity index (χ3n) is 5.07. The monoisotopic (exact) mass is 445 g/mol. The molecule has 144 valence electrons. The maximum atomic E-state index is 13.4. The number of anilines is 1. The van der Waals surface area contributed by atoms with Crippen molar-refractivity contribution in [3.05, 3.63) is 14.7 Å². The van der Waals surface area contributed by atoms with Crippen molar-refractivity contribution in [2.75, 3.05) is 32.0 Å². The van der Waals surface area contributed by atoms with Crippen LogP contribution in [0.4, 0.5) is 5.69 Å². The summed E-state index contributed by atoms with van der Waals surface area (Å²) >= 11 is 4.71. The van der Waals surface area contributed by atoms with Crippen molar-refractivity contribution in [2.24, 2.45) is 11.8 Å². The summed E-state index contributed by atoms with van der Waals surface area (Å²) < 4.78 is 16.6. The molecule has 1 saturated heterocycles. The van der Waals surface area contributed by atoms with E-state index in [9.17, 15) is 9.59 Å². The first-order valence-electron chi connectivity index (χ1n) is 8.87. The smallest absolute Gasteiger partial charge is 0.350 e. The molecule has 0 unspecified atom stereocenters. The van der Waals surface area contributed by atoms with E-state index in [1.807, 2.05) is 6.07 Å². The topological polar surface area (TPSA) is 65.1 Å². The standard InChI is InChI=1S/C18H24BrNO5S/c1-11-3-5-12(6-4-11)17(21)20(13-8-24-10-25-9-13)14-7-15(19)26-16(14)18(22)23-2/h7,11-13H,3-6,8-10H2,1-2H3. The molecule has 8 heteroatoms. The summed E-state index contributed by atoms with van der Waals surface area (Å²) in [5.41, 5.74) is 0.580. The molecule has 1 aromatic rings. The SMILES string of the molecule is COC(=O)c1sc(Br)cc1N(C(=O)C1CCC(C)CC1)C1COCOC1. The van der Waals surface area contributed by atoms with Crippen molar-refractivity contribution in [1.29, 1.82) is 0 Å². The van der Waals surface area contributed by atoms with Gasteiger partial charge < -0.3 is 19.1 Å². The fourth-order valence-corrected chi connectivity index (χ4v) is 5.09. The van der Waals surface area contributed by atoms with Crippen LogP contribution in [-0.2, 0) is 19.0 Å². The Morgan fingerprint density at radius 2 is 1.88 bits per heavy atom. The number of esters is 1. The zero-order chi connectivity index (χ0) is 18.7. The van der Waals surface area contributed by atoms with Gasteiger partial charge in [0, 0.05) is 5.92 Å². The van der Waals surface area contributed by atoms with Gasteiger partial charge in [0.2, 0.25) is 5.91 Å². The van der Waals surface area contributed by atoms with Gasteiger partial charge in [-0.25, -0.2) is 4.79 Å². The van der Waals surface area contributed by atoms with E-state index in [0.29, 0.717) is 29.7 Å². The molecule has 1 aromatic heterocycles. The van der Waals surface area contributed by atoms with Crippen LogP contribution in [0.2, 0.25) is 0 Å². The van der Waals surface area contributed by atoms with Gasteiger partial charge in [-0.05, 0) is 53.6 Å². The van der Waals surface area contributed by atoms with Crippen molar-refractivity contribution >= 4 is 44.8 Å². The molecule has 6 nitrogen and oxygen atoms in total. The van der Waals surface area contributed by atoms with E-state index in [1.165, 1.54) is 18.4 Å². The number of halogens is 1. The highest BCUT2D eigenvalue weighted by atomic mass is 79.9. The normalized spacial score (nSPS) is 24.3. The van der Waals surface area contributed by atoms with Crippen molar-refractivity contribution in [2.45, 2.75) is 38.6 Å². The highest BCUT2D eigenvalue weighted by Crippen LogP contribution is 2.38. The lowest BCUT2D eigenvalue weighted by Gasteiger charge is -2.37. The van der Waals surface area contributed by atoms with Gasteiger partial charge >= 0.3 is 5.97 Å². The molecule has 2 fully saturated rings. The first-order valence-corrected chi connectivity index (χ1v) is 10.5. The molecular weight excluding hydrogens is 422 g/mol. The van der Waals surface area contributed by atoms with Crippen LogP contribution in [0.5, 0.6) is 0 Å². The molecule has 2 aliphatic rings. The summed E-state index contributed by atoms with van der Waals surface area (Å²) in [4.78, 5) is 27.8. The molecule has 0 atom stereocenters. The number of hydrogen-bond donors (Lipinski definition) is 0. The van der Waals surface area contributed by atoms with E-state index < -0.39 is 5.97 Å². The van der Waals surface area contributed by atoms with Crippen molar-refractivity contribution in [3.8, 4) is 0 Å². The third kappa shape index (κ3) is 4.30. The number of hydrogen-bond acceptors (Lipinski definition) is 6. The molecule has 0 aromatic carbocycles. The summed E-state index contributed by atoms with van der Waals surface area (Å²) in [5, 5.41) is 0. The summed E-state index contributed by atoms with van der Waals surface area (Å²) in [5.74, 6) is 0.238. The molecule has 26 heavy (non-hydrogen) atoms. The number of carbonyl (C=O) groups excluding carboxylic acids is 2. The number of methoxy groups -OCH3 is 1. The predicted octanol–water partition coefficient (Wildman–Crippen LogP) is 3.83. The highest BCUT2D eigenvalue weighted by molar-refractivity contribution is 9.11. The van der Waals surface area contributed by atoms with Gasteiger partial charge in [-0.15, -0.1) is 11.3 Å². The molecule has 1 aliphatic carbocycles. The third-order valence-corrected chi connectivity index (χ3v) is 6.67. The second-order valence-electron chi connectivity index (χ2n) is 6.93. The van der Waals surface area contributed by atoms with Crippen LogP contribution in [0, 0.1) is 11.8 Å². The number of amides is 1. The lowest BCUT2D eigenvalue weighted by Crippen LogP contribution is -2.51. The lowest BCUT2D eigenvalue weighted by atomic mass is 9.82. The average Bonchev–Trinajstić information content (AvgIpc) is 3.04.